The first-order valence-corrected chi connectivity index (χ1v) is 13.8. The topological polar surface area (TPSA) is 38.9 Å². The summed E-state index contributed by atoms with van der Waals surface area (Å²) in [5, 5.41) is 3.30. The van der Waals surface area contributed by atoms with E-state index in [0.717, 1.165) is 66.5 Å². The van der Waals surface area contributed by atoms with E-state index in [1.165, 1.54) is 22.3 Å². The Morgan fingerprint density at radius 2 is 1.15 bits per heavy atom. The van der Waals surface area contributed by atoms with Crippen LogP contribution in [-0.4, -0.2) is 9.97 Å². The number of hydrogen-bond donors (Lipinski definition) is 0. The summed E-state index contributed by atoms with van der Waals surface area (Å²) >= 11 is 0. The van der Waals surface area contributed by atoms with E-state index in [0.29, 0.717) is 0 Å². The minimum Gasteiger partial charge on any atom is -0.455 e. The fourth-order valence-corrected chi connectivity index (χ4v) is 6.44. The van der Waals surface area contributed by atoms with Crippen LogP contribution in [0.1, 0.15) is 0 Å². The van der Waals surface area contributed by atoms with Crippen LogP contribution in [0.2, 0.25) is 0 Å². The molecule has 1 aliphatic rings. The molecule has 8 aromatic rings. The van der Waals surface area contributed by atoms with Gasteiger partial charge in [-0.1, -0.05) is 97.1 Å². The Balaban J connectivity index is 1.38. The number of nitrogens with zero attached hydrogens (tertiary/aromatic N) is 2. The second kappa shape index (κ2) is 8.48. The van der Waals surface area contributed by atoms with Gasteiger partial charge in [-0.25, -0.2) is 9.97 Å². The van der Waals surface area contributed by atoms with E-state index in [2.05, 4.69) is 114 Å². The Morgan fingerprint density at radius 3 is 2.02 bits per heavy atom. The molecule has 0 atom stereocenters. The highest BCUT2D eigenvalue weighted by molar-refractivity contribution is 6.10. The summed E-state index contributed by atoms with van der Waals surface area (Å²) in [7, 11) is 0. The summed E-state index contributed by atoms with van der Waals surface area (Å²) in [5.74, 6) is 0. The molecule has 41 heavy (non-hydrogen) atoms. The highest BCUT2D eigenvalue weighted by atomic mass is 16.3. The van der Waals surface area contributed by atoms with Crippen molar-refractivity contribution in [2.45, 2.75) is 0 Å². The van der Waals surface area contributed by atoms with Crippen molar-refractivity contribution < 1.29 is 4.42 Å². The molecule has 0 spiro atoms. The van der Waals surface area contributed by atoms with Gasteiger partial charge in [-0.15, -0.1) is 0 Å². The van der Waals surface area contributed by atoms with Gasteiger partial charge in [0, 0.05) is 39.0 Å². The van der Waals surface area contributed by atoms with E-state index in [1.807, 2.05) is 24.4 Å². The Labute approximate surface area is 236 Å². The average molecular weight is 523 g/mol. The summed E-state index contributed by atoms with van der Waals surface area (Å²) in [6.45, 7) is 0. The first-order valence-electron chi connectivity index (χ1n) is 13.8. The molecule has 5 aromatic carbocycles. The van der Waals surface area contributed by atoms with Gasteiger partial charge in [0.15, 0.2) is 5.65 Å². The minimum atomic E-state index is 0.754. The normalized spacial score (nSPS) is 11.9. The summed E-state index contributed by atoms with van der Waals surface area (Å²) in [4.78, 5) is 9.75. The van der Waals surface area contributed by atoms with Gasteiger partial charge in [-0.05, 0) is 63.7 Å². The van der Waals surface area contributed by atoms with Crippen molar-refractivity contribution in [2.24, 2.45) is 0 Å². The summed E-state index contributed by atoms with van der Waals surface area (Å²) < 4.78 is 6.43. The van der Waals surface area contributed by atoms with Crippen LogP contribution in [0.4, 0.5) is 0 Å². The Morgan fingerprint density at radius 1 is 0.463 bits per heavy atom. The number of pyridine rings is 2. The van der Waals surface area contributed by atoms with Crippen LogP contribution in [0.25, 0.3) is 88.7 Å². The van der Waals surface area contributed by atoms with E-state index in [-0.39, 0.29) is 0 Å². The molecule has 0 amide bonds. The van der Waals surface area contributed by atoms with Crippen molar-refractivity contribution >= 4 is 33.0 Å². The highest BCUT2D eigenvalue weighted by Gasteiger charge is 2.24. The fraction of sp³-hybridized carbons (Fsp3) is 0. The number of aromatic nitrogens is 2. The van der Waals surface area contributed by atoms with E-state index in [1.54, 1.807) is 0 Å². The zero-order valence-electron chi connectivity index (χ0n) is 22.0. The lowest BCUT2D eigenvalue weighted by Gasteiger charge is -2.23. The molecule has 0 saturated heterocycles. The summed E-state index contributed by atoms with van der Waals surface area (Å²) in [6.07, 6.45) is 1.81. The van der Waals surface area contributed by atoms with Gasteiger partial charge in [-0.2, -0.15) is 0 Å². The van der Waals surface area contributed by atoms with Crippen LogP contribution in [-0.2, 0) is 0 Å². The second-order valence-electron chi connectivity index (χ2n) is 10.6. The lowest BCUT2D eigenvalue weighted by Crippen LogP contribution is -2.00. The summed E-state index contributed by atoms with van der Waals surface area (Å²) in [6, 6.07) is 45.0. The van der Waals surface area contributed by atoms with Crippen molar-refractivity contribution in [3.63, 3.8) is 0 Å². The van der Waals surface area contributed by atoms with Crippen LogP contribution in [0.15, 0.2) is 138 Å². The molecule has 3 aromatic heterocycles. The Hall–Kier alpha value is -5.54. The maximum Gasteiger partial charge on any atom is 0.159 e. The van der Waals surface area contributed by atoms with Crippen molar-refractivity contribution in [1.29, 1.82) is 0 Å². The molecule has 190 valence electrons. The fourth-order valence-electron chi connectivity index (χ4n) is 6.44. The number of fused-ring (bicyclic) bond motifs is 12. The molecule has 1 aliphatic carbocycles. The molecular formula is C38H22N2O. The molecule has 0 saturated carbocycles. The standard InChI is InChI=1S/C38H22N2O/c1-2-12-28-26(10-1)27-11-3-4-14-31(27)36-34(22-24-9-8-20-39-38(24)40-36)29-19-18-23(21-33(28)29)25-15-7-16-32-30-13-5-6-17-35(30)41-37(25)32/h1-22H. The minimum absolute atomic E-state index is 0.754. The first-order chi connectivity index (χ1) is 20.3. The molecular weight excluding hydrogens is 500 g/mol. The lowest BCUT2D eigenvalue weighted by atomic mass is 9.81. The van der Waals surface area contributed by atoms with Crippen molar-refractivity contribution in [1.82, 2.24) is 9.97 Å². The average Bonchev–Trinajstić information content (AvgIpc) is 3.42. The third-order valence-corrected chi connectivity index (χ3v) is 8.30. The lowest BCUT2D eigenvalue weighted by molar-refractivity contribution is 0.670. The summed E-state index contributed by atoms with van der Waals surface area (Å²) in [5.41, 5.74) is 13.8. The zero-order chi connectivity index (χ0) is 26.9. The van der Waals surface area contributed by atoms with Gasteiger partial charge in [0.1, 0.15) is 11.2 Å². The molecule has 3 heterocycles. The van der Waals surface area contributed by atoms with Gasteiger partial charge in [0.25, 0.3) is 0 Å². The van der Waals surface area contributed by atoms with Gasteiger partial charge in [0.05, 0.1) is 5.69 Å². The molecule has 0 unspecified atom stereocenters. The van der Waals surface area contributed by atoms with Crippen molar-refractivity contribution in [2.75, 3.05) is 0 Å². The van der Waals surface area contributed by atoms with E-state index < -0.39 is 0 Å². The molecule has 0 radical (unpaired) electrons. The SMILES string of the molecule is c1ccc2c(c1)-c1cc(-c3cccc4c3oc3ccccc34)ccc1-c1cc3cccnc3nc1-c1ccccc1-2. The monoisotopic (exact) mass is 522 g/mol. The van der Waals surface area contributed by atoms with Crippen molar-refractivity contribution in [3.05, 3.63) is 134 Å². The maximum atomic E-state index is 6.43. The zero-order valence-corrected chi connectivity index (χ0v) is 22.0. The molecule has 3 nitrogen and oxygen atoms in total. The van der Waals surface area contributed by atoms with E-state index >= 15 is 0 Å². The molecule has 0 aliphatic heterocycles. The predicted octanol–water partition coefficient (Wildman–Crippen LogP) is 10.2. The highest BCUT2D eigenvalue weighted by Crippen LogP contribution is 2.49. The number of hydrogen-bond acceptors (Lipinski definition) is 3. The van der Waals surface area contributed by atoms with Gasteiger partial charge in [0.2, 0.25) is 0 Å². The van der Waals surface area contributed by atoms with Gasteiger partial charge < -0.3 is 4.42 Å². The van der Waals surface area contributed by atoms with Gasteiger partial charge in [-0.3, -0.25) is 0 Å². The third-order valence-electron chi connectivity index (χ3n) is 8.30. The van der Waals surface area contributed by atoms with Crippen LogP contribution in [0, 0.1) is 0 Å². The Bertz CT molecular complexity index is 2330. The van der Waals surface area contributed by atoms with E-state index in [4.69, 9.17) is 9.40 Å². The van der Waals surface area contributed by atoms with Crippen LogP contribution < -0.4 is 0 Å². The second-order valence-corrected chi connectivity index (χ2v) is 10.6. The molecule has 9 rings (SSSR count). The molecule has 0 bridgehead atoms. The van der Waals surface area contributed by atoms with E-state index in [9.17, 15) is 0 Å². The van der Waals surface area contributed by atoms with Gasteiger partial charge >= 0.3 is 0 Å². The Kier molecular flexibility index (Phi) is 4.61. The van der Waals surface area contributed by atoms with Crippen LogP contribution in [0.3, 0.4) is 0 Å². The molecule has 3 heteroatoms. The number of para-hydroxylation sites is 2. The van der Waals surface area contributed by atoms with Crippen LogP contribution >= 0.6 is 0 Å². The first kappa shape index (κ1) is 22.3. The maximum absolute atomic E-state index is 6.43. The van der Waals surface area contributed by atoms with Crippen molar-refractivity contribution in [3.8, 4) is 55.8 Å². The quantitative estimate of drug-likeness (QED) is 0.215. The smallest absolute Gasteiger partial charge is 0.159 e. The van der Waals surface area contributed by atoms with Crippen LogP contribution in [0.5, 0.6) is 0 Å². The largest absolute Gasteiger partial charge is 0.455 e. The number of rotatable bonds is 1. The number of benzene rings is 5. The number of furan rings is 1. The molecule has 0 N–H and O–H groups in total. The molecule has 0 fully saturated rings. The predicted molar refractivity (Wildman–Crippen MR) is 168 cm³/mol. The third kappa shape index (κ3) is 3.26.